The lowest BCUT2D eigenvalue weighted by molar-refractivity contribution is 0.664. The molecule has 0 aliphatic rings. The Labute approximate surface area is 60.8 Å². The van der Waals surface area contributed by atoms with Crippen molar-refractivity contribution in [2.24, 2.45) is 0 Å². The van der Waals surface area contributed by atoms with Gasteiger partial charge in [0.2, 0.25) is 0 Å². The molecule has 0 radical (unpaired) electrons. The molecular weight excluding hydrogens is 129 g/mol. The quantitative estimate of drug-likeness (QED) is 0.451. The van der Waals surface area contributed by atoms with E-state index < -0.39 is 0 Å². The topological polar surface area (TPSA) is 23.9 Å². The van der Waals surface area contributed by atoms with Gasteiger partial charge in [-0.25, -0.2) is 4.39 Å². The van der Waals surface area contributed by atoms with E-state index in [0.29, 0.717) is 11.3 Å². The Kier molecular flexibility index (Phi) is 3.62. The molecule has 0 spiro atoms. The van der Waals surface area contributed by atoms with Crippen molar-refractivity contribution in [3.63, 3.8) is 0 Å². The third-order valence-electron chi connectivity index (χ3n) is 1.22. The van der Waals surface area contributed by atoms with Crippen molar-refractivity contribution in [2.45, 2.75) is 20.8 Å². The van der Waals surface area contributed by atoms with Gasteiger partial charge in [-0.1, -0.05) is 6.08 Å². The summed E-state index contributed by atoms with van der Waals surface area (Å²) in [5, 5.41) is 7.11. The molecule has 0 bridgehead atoms. The predicted octanol–water partition coefficient (Wildman–Crippen LogP) is 2.85. The zero-order valence-corrected chi connectivity index (χ0v) is 6.53. The maximum Gasteiger partial charge on any atom is 0.119 e. The molecule has 1 nitrogen and oxygen atoms in total. The zero-order valence-electron chi connectivity index (χ0n) is 6.53. The van der Waals surface area contributed by atoms with Crippen LogP contribution in [0.1, 0.15) is 20.8 Å². The molecule has 0 atom stereocenters. The largest absolute Gasteiger partial charge is 0.305 e. The fraction of sp³-hybridized carbons (Fsp3) is 0.375. The second-order valence-corrected chi connectivity index (χ2v) is 2.13. The molecule has 0 aromatic heterocycles. The average molecular weight is 141 g/mol. The van der Waals surface area contributed by atoms with Gasteiger partial charge >= 0.3 is 0 Å². The van der Waals surface area contributed by atoms with Crippen LogP contribution in [-0.2, 0) is 0 Å². The van der Waals surface area contributed by atoms with Crippen LogP contribution in [0.3, 0.4) is 0 Å². The van der Waals surface area contributed by atoms with Crippen LogP contribution in [-0.4, -0.2) is 5.71 Å². The van der Waals surface area contributed by atoms with Crippen molar-refractivity contribution in [1.29, 1.82) is 5.41 Å². The number of allylic oxidation sites excluding steroid dienone is 4. The zero-order chi connectivity index (χ0) is 8.15. The van der Waals surface area contributed by atoms with Crippen LogP contribution in [0.15, 0.2) is 23.6 Å². The van der Waals surface area contributed by atoms with Gasteiger partial charge in [0.15, 0.2) is 0 Å². The summed E-state index contributed by atoms with van der Waals surface area (Å²) in [4.78, 5) is 0. The first-order valence-corrected chi connectivity index (χ1v) is 3.13. The smallest absolute Gasteiger partial charge is 0.119 e. The molecule has 10 heavy (non-hydrogen) atoms. The predicted molar refractivity (Wildman–Crippen MR) is 42.0 cm³/mol. The molecule has 0 aromatic carbocycles. The van der Waals surface area contributed by atoms with E-state index in [0.717, 1.165) is 0 Å². The molecule has 0 amide bonds. The van der Waals surface area contributed by atoms with Crippen molar-refractivity contribution in [3.05, 3.63) is 23.6 Å². The maximum absolute atomic E-state index is 12.4. The van der Waals surface area contributed by atoms with E-state index in [1.165, 1.54) is 12.2 Å². The van der Waals surface area contributed by atoms with Gasteiger partial charge in [-0.2, -0.15) is 0 Å². The molecule has 1 N–H and O–H groups in total. The van der Waals surface area contributed by atoms with Gasteiger partial charge in [-0.15, -0.1) is 0 Å². The second-order valence-electron chi connectivity index (χ2n) is 2.13. The fourth-order valence-electron chi connectivity index (χ4n) is 0.398. The number of hydrogen-bond acceptors (Lipinski definition) is 1. The van der Waals surface area contributed by atoms with Gasteiger partial charge in [-0.05, 0) is 32.4 Å². The highest BCUT2D eigenvalue weighted by Crippen LogP contribution is 2.03. The van der Waals surface area contributed by atoms with Gasteiger partial charge in [0.05, 0.1) is 0 Å². The van der Waals surface area contributed by atoms with Gasteiger partial charge in [0.1, 0.15) is 5.83 Å². The van der Waals surface area contributed by atoms with Gasteiger partial charge in [0, 0.05) is 5.71 Å². The molecule has 56 valence electrons. The van der Waals surface area contributed by atoms with E-state index in [1.807, 2.05) is 0 Å². The van der Waals surface area contributed by atoms with Gasteiger partial charge < -0.3 is 5.41 Å². The molecule has 0 aromatic rings. The van der Waals surface area contributed by atoms with E-state index in [9.17, 15) is 4.39 Å². The molecule has 0 fully saturated rings. The Morgan fingerprint density at radius 2 is 1.90 bits per heavy atom. The Morgan fingerprint density at radius 3 is 2.20 bits per heavy atom. The summed E-state index contributed by atoms with van der Waals surface area (Å²) in [5.74, 6) is -0.288. The first-order chi connectivity index (χ1) is 4.57. The summed E-state index contributed by atoms with van der Waals surface area (Å²) in [6.45, 7) is 4.97. The van der Waals surface area contributed by atoms with Gasteiger partial charge in [-0.3, -0.25) is 0 Å². The van der Waals surface area contributed by atoms with Crippen LogP contribution in [0.4, 0.5) is 4.39 Å². The minimum atomic E-state index is -0.288. The summed E-state index contributed by atoms with van der Waals surface area (Å²) in [6, 6.07) is 0. The van der Waals surface area contributed by atoms with E-state index >= 15 is 0 Å². The third kappa shape index (κ3) is 3.17. The van der Waals surface area contributed by atoms with E-state index in [2.05, 4.69) is 0 Å². The minimum absolute atomic E-state index is 0.288. The van der Waals surface area contributed by atoms with Crippen molar-refractivity contribution >= 4 is 5.71 Å². The minimum Gasteiger partial charge on any atom is -0.305 e. The molecule has 0 rings (SSSR count). The van der Waals surface area contributed by atoms with Crippen LogP contribution in [0.5, 0.6) is 0 Å². The summed E-state index contributed by atoms with van der Waals surface area (Å²) in [6.07, 6.45) is 2.72. The summed E-state index contributed by atoms with van der Waals surface area (Å²) in [5.41, 5.74) is 1.06. The first-order valence-electron chi connectivity index (χ1n) is 3.13. The lowest BCUT2D eigenvalue weighted by Gasteiger charge is -1.93. The van der Waals surface area contributed by atoms with Crippen LogP contribution < -0.4 is 0 Å². The number of rotatable bonds is 2. The second kappa shape index (κ2) is 3.99. The van der Waals surface area contributed by atoms with E-state index in [-0.39, 0.29) is 5.83 Å². The van der Waals surface area contributed by atoms with Crippen molar-refractivity contribution in [1.82, 2.24) is 0 Å². The van der Waals surface area contributed by atoms with Crippen LogP contribution in [0.25, 0.3) is 0 Å². The molecule has 0 aliphatic heterocycles. The van der Waals surface area contributed by atoms with Crippen LogP contribution >= 0.6 is 0 Å². The van der Waals surface area contributed by atoms with Crippen molar-refractivity contribution in [2.75, 3.05) is 0 Å². The van der Waals surface area contributed by atoms with E-state index in [4.69, 9.17) is 5.41 Å². The monoisotopic (exact) mass is 141 g/mol. The highest BCUT2D eigenvalue weighted by atomic mass is 19.1. The maximum atomic E-state index is 12.4. The van der Waals surface area contributed by atoms with Crippen LogP contribution in [0, 0.1) is 5.41 Å². The highest BCUT2D eigenvalue weighted by Gasteiger charge is 1.92. The lowest BCUT2D eigenvalue weighted by atomic mass is 10.2. The Morgan fingerprint density at radius 1 is 1.40 bits per heavy atom. The normalized spacial score (nSPS) is 13.6. The molecule has 0 saturated heterocycles. The van der Waals surface area contributed by atoms with Crippen molar-refractivity contribution in [3.8, 4) is 0 Å². The van der Waals surface area contributed by atoms with Crippen LogP contribution in [0.2, 0.25) is 0 Å². The highest BCUT2D eigenvalue weighted by molar-refractivity contribution is 5.95. The molecule has 0 saturated carbocycles. The SMILES string of the molecule is C/C=C(F)\C=C(\C)C(C)=N. The number of halogens is 1. The Hall–Kier alpha value is -0.920. The summed E-state index contributed by atoms with van der Waals surface area (Å²) >= 11 is 0. The van der Waals surface area contributed by atoms with Crippen molar-refractivity contribution < 1.29 is 4.39 Å². The third-order valence-corrected chi connectivity index (χ3v) is 1.22. The lowest BCUT2D eigenvalue weighted by Crippen LogP contribution is -1.89. The summed E-state index contributed by atoms with van der Waals surface area (Å²) < 4.78 is 12.4. The molecular formula is C8H12FN. The fourth-order valence-corrected chi connectivity index (χ4v) is 0.398. The average Bonchev–Trinajstić information content (AvgIpc) is 1.87. The van der Waals surface area contributed by atoms with Gasteiger partial charge in [0.25, 0.3) is 0 Å². The Balaban J connectivity index is 4.31. The molecule has 0 aliphatic carbocycles. The number of hydrogen-bond donors (Lipinski definition) is 1. The Bertz CT molecular complexity index is 189. The number of nitrogens with one attached hydrogen (secondary N) is 1. The van der Waals surface area contributed by atoms with E-state index in [1.54, 1.807) is 20.8 Å². The molecule has 2 heteroatoms. The standard InChI is InChI=1S/C8H12FN/c1-4-8(9)5-6(2)7(3)10/h4-5,10H,1-3H3/b6-5-,8-4+,10-7?. The summed E-state index contributed by atoms with van der Waals surface area (Å²) in [7, 11) is 0. The first kappa shape index (κ1) is 9.08. The molecule has 0 unspecified atom stereocenters. The molecule has 0 heterocycles.